The number of rotatable bonds is 5. The van der Waals surface area contributed by atoms with Crippen molar-refractivity contribution in [2.75, 3.05) is 14.2 Å². The molecule has 198 valence electrons. The van der Waals surface area contributed by atoms with Crippen LogP contribution in [0, 0.1) is 5.82 Å². The summed E-state index contributed by atoms with van der Waals surface area (Å²) in [6, 6.07) is 20.9. The van der Waals surface area contributed by atoms with Crippen LogP contribution in [-0.4, -0.2) is 36.3 Å². The standard InChI is InChI=1S/C31H19ClFNO6/c1-38-30(36)24-22-13-12-20-21(32)14-18-15-23(16-8-10-19(33)11-9-16)40-29(18)26(20)34(22)27(25(24)31(37)39-2)28(35)17-6-4-3-5-7-17/h3-15H,1-2H3. The summed E-state index contributed by atoms with van der Waals surface area (Å²) < 4.78 is 31.4. The zero-order valence-corrected chi connectivity index (χ0v) is 21.9. The molecule has 0 bridgehead atoms. The van der Waals surface area contributed by atoms with Gasteiger partial charge in [0.2, 0.25) is 5.78 Å². The average molecular weight is 556 g/mol. The summed E-state index contributed by atoms with van der Waals surface area (Å²) >= 11 is 6.71. The minimum atomic E-state index is -0.888. The third-order valence-corrected chi connectivity index (χ3v) is 7.08. The summed E-state index contributed by atoms with van der Waals surface area (Å²) in [5.41, 5.74) is 1.34. The van der Waals surface area contributed by atoms with E-state index in [0.717, 1.165) is 7.11 Å². The number of carbonyl (C=O) groups is 3. The van der Waals surface area contributed by atoms with E-state index in [1.54, 1.807) is 66.7 Å². The highest BCUT2D eigenvalue weighted by molar-refractivity contribution is 6.37. The number of ketones is 1. The Balaban J connectivity index is 1.82. The molecule has 3 aromatic heterocycles. The first-order chi connectivity index (χ1) is 19.3. The third kappa shape index (κ3) is 3.84. The Hall–Kier alpha value is -4.95. The van der Waals surface area contributed by atoms with Crippen LogP contribution < -0.4 is 0 Å². The summed E-state index contributed by atoms with van der Waals surface area (Å²) in [6.45, 7) is 0. The zero-order valence-electron chi connectivity index (χ0n) is 21.2. The van der Waals surface area contributed by atoms with Crippen molar-refractivity contribution in [1.29, 1.82) is 0 Å². The van der Waals surface area contributed by atoms with E-state index in [-0.39, 0.29) is 27.9 Å². The van der Waals surface area contributed by atoms with E-state index in [9.17, 15) is 18.8 Å². The molecule has 0 aliphatic rings. The van der Waals surface area contributed by atoms with E-state index >= 15 is 0 Å². The molecular formula is C31H19ClFNO6. The van der Waals surface area contributed by atoms with Gasteiger partial charge in [-0.2, -0.15) is 0 Å². The molecule has 0 radical (unpaired) electrons. The van der Waals surface area contributed by atoms with Gasteiger partial charge in [0.15, 0.2) is 5.58 Å². The summed E-state index contributed by atoms with van der Waals surface area (Å²) in [6.07, 6.45) is 0. The van der Waals surface area contributed by atoms with Crippen LogP contribution in [0.3, 0.4) is 0 Å². The van der Waals surface area contributed by atoms with Gasteiger partial charge in [-0.05, 0) is 48.5 Å². The molecular weight excluding hydrogens is 537 g/mol. The molecule has 3 aromatic carbocycles. The fourth-order valence-electron chi connectivity index (χ4n) is 4.98. The zero-order chi connectivity index (χ0) is 28.1. The number of carbonyl (C=O) groups excluding carboxylic acids is 3. The highest BCUT2D eigenvalue weighted by Crippen LogP contribution is 2.40. The minimum Gasteiger partial charge on any atom is -0.465 e. The highest BCUT2D eigenvalue weighted by Gasteiger charge is 2.34. The minimum absolute atomic E-state index is 0.109. The van der Waals surface area contributed by atoms with E-state index in [4.69, 9.17) is 25.5 Å². The van der Waals surface area contributed by atoms with Crippen molar-refractivity contribution in [1.82, 2.24) is 4.40 Å². The number of halogens is 2. The number of hydrogen-bond donors (Lipinski definition) is 0. The lowest BCUT2D eigenvalue weighted by Crippen LogP contribution is -2.15. The third-order valence-electron chi connectivity index (χ3n) is 6.77. The molecule has 0 N–H and O–H groups in total. The molecule has 40 heavy (non-hydrogen) atoms. The van der Waals surface area contributed by atoms with Crippen LogP contribution in [0.25, 0.3) is 38.7 Å². The Morgan fingerprint density at radius 2 is 1.52 bits per heavy atom. The van der Waals surface area contributed by atoms with Crippen molar-refractivity contribution in [2.45, 2.75) is 0 Å². The first kappa shape index (κ1) is 25.3. The smallest absolute Gasteiger partial charge is 0.341 e. The largest absolute Gasteiger partial charge is 0.465 e. The molecule has 3 heterocycles. The monoisotopic (exact) mass is 555 g/mol. The van der Waals surface area contributed by atoms with Crippen LogP contribution in [0.15, 0.2) is 83.3 Å². The molecule has 0 amide bonds. The fourth-order valence-corrected chi connectivity index (χ4v) is 5.25. The predicted octanol–water partition coefficient (Wildman–Crippen LogP) is 7.10. The van der Waals surface area contributed by atoms with Gasteiger partial charge in [-0.15, -0.1) is 0 Å². The Bertz CT molecular complexity index is 1990. The van der Waals surface area contributed by atoms with Crippen molar-refractivity contribution in [3.63, 3.8) is 0 Å². The van der Waals surface area contributed by atoms with Gasteiger partial charge < -0.3 is 18.3 Å². The Morgan fingerprint density at radius 3 is 2.20 bits per heavy atom. The normalized spacial score (nSPS) is 11.3. The van der Waals surface area contributed by atoms with Gasteiger partial charge in [0.25, 0.3) is 0 Å². The number of fused-ring (bicyclic) bond motifs is 5. The van der Waals surface area contributed by atoms with E-state index in [1.165, 1.54) is 23.6 Å². The van der Waals surface area contributed by atoms with Crippen LogP contribution >= 0.6 is 11.6 Å². The quantitative estimate of drug-likeness (QED) is 0.166. The van der Waals surface area contributed by atoms with E-state index in [2.05, 4.69) is 0 Å². The van der Waals surface area contributed by atoms with Crippen molar-refractivity contribution in [3.05, 3.63) is 112 Å². The van der Waals surface area contributed by atoms with Crippen LogP contribution in [-0.2, 0) is 9.47 Å². The van der Waals surface area contributed by atoms with Gasteiger partial charge in [-0.25, -0.2) is 14.0 Å². The maximum absolute atomic E-state index is 14.1. The Kier molecular flexibility index (Phi) is 6.12. The van der Waals surface area contributed by atoms with Gasteiger partial charge >= 0.3 is 11.9 Å². The SMILES string of the molecule is COC(=O)c1c(C(=O)OC)c2ccc3c(Cl)cc4cc(-c5ccc(F)cc5)oc4c3n2c1C(=O)c1ccccc1. The molecule has 0 atom stereocenters. The maximum Gasteiger partial charge on any atom is 0.341 e. The van der Waals surface area contributed by atoms with Crippen molar-refractivity contribution in [2.24, 2.45) is 0 Å². The molecule has 0 aliphatic carbocycles. The molecule has 0 saturated carbocycles. The lowest BCUT2D eigenvalue weighted by atomic mass is 10.0. The van der Waals surface area contributed by atoms with E-state index < -0.39 is 23.5 Å². The van der Waals surface area contributed by atoms with Crippen molar-refractivity contribution < 1.29 is 32.7 Å². The second-order valence-electron chi connectivity index (χ2n) is 8.99. The van der Waals surface area contributed by atoms with E-state index in [1.807, 2.05) is 0 Å². The van der Waals surface area contributed by atoms with Gasteiger partial charge in [-0.1, -0.05) is 41.9 Å². The number of furan rings is 1. The van der Waals surface area contributed by atoms with Crippen LogP contribution in [0.1, 0.15) is 36.8 Å². The number of aromatic nitrogens is 1. The van der Waals surface area contributed by atoms with Crippen molar-refractivity contribution in [3.8, 4) is 11.3 Å². The molecule has 0 fully saturated rings. The number of methoxy groups -OCH3 is 2. The van der Waals surface area contributed by atoms with Crippen LogP contribution in [0.5, 0.6) is 0 Å². The molecule has 0 saturated heterocycles. The summed E-state index contributed by atoms with van der Waals surface area (Å²) in [4.78, 5) is 40.3. The maximum atomic E-state index is 14.1. The highest BCUT2D eigenvalue weighted by atomic mass is 35.5. The molecule has 0 spiro atoms. The van der Waals surface area contributed by atoms with Gasteiger partial charge in [0.05, 0.1) is 30.3 Å². The van der Waals surface area contributed by atoms with Crippen molar-refractivity contribution >= 4 is 56.7 Å². The second-order valence-corrected chi connectivity index (χ2v) is 9.39. The topological polar surface area (TPSA) is 87.2 Å². The van der Waals surface area contributed by atoms with Gasteiger partial charge in [0.1, 0.15) is 28.4 Å². The number of ether oxygens (including phenoxy) is 2. The average Bonchev–Trinajstić information content (AvgIpc) is 3.56. The number of hydrogen-bond acceptors (Lipinski definition) is 6. The van der Waals surface area contributed by atoms with Crippen LogP contribution in [0.2, 0.25) is 5.02 Å². The number of benzene rings is 3. The first-order valence-corrected chi connectivity index (χ1v) is 12.5. The number of pyridine rings is 1. The molecule has 7 nitrogen and oxygen atoms in total. The molecule has 9 heteroatoms. The summed E-state index contributed by atoms with van der Waals surface area (Å²) in [5.74, 6) is -2.20. The lowest BCUT2D eigenvalue weighted by Gasteiger charge is -2.10. The number of nitrogens with zero attached hydrogens (tertiary/aromatic N) is 1. The first-order valence-electron chi connectivity index (χ1n) is 12.1. The summed E-state index contributed by atoms with van der Waals surface area (Å²) in [5, 5.41) is 1.45. The predicted molar refractivity (Wildman–Crippen MR) is 148 cm³/mol. The van der Waals surface area contributed by atoms with E-state index in [0.29, 0.717) is 38.2 Å². The Morgan fingerprint density at radius 1 is 0.850 bits per heavy atom. The lowest BCUT2D eigenvalue weighted by molar-refractivity contribution is 0.0556. The summed E-state index contributed by atoms with van der Waals surface area (Å²) in [7, 11) is 2.35. The van der Waals surface area contributed by atoms with Gasteiger partial charge in [-0.3, -0.25) is 4.79 Å². The second kappa shape index (κ2) is 9.66. The Labute approximate surface area is 231 Å². The van der Waals surface area contributed by atoms with Gasteiger partial charge in [0, 0.05) is 21.9 Å². The fraction of sp³-hybridized carbons (Fsp3) is 0.0645. The number of esters is 2. The van der Waals surface area contributed by atoms with Crippen LogP contribution in [0.4, 0.5) is 4.39 Å². The molecule has 0 aliphatic heterocycles. The molecule has 0 unspecified atom stereocenters. The molecule has 6 rings (SSSR count). The molecule has 6 aromatic rings.